The van der Waals surface area contributed by atoms with Gasteiger partial charge in [-0.1, -0.05) is 17.3 Å². The summed E-state index contributed by atoms with van der Waals surface area (Å²) >= 11 is 0. The van der Waals surface area contributed by atoms with E-state index >= 15 is 0 Å². The van der Waals surface area contributed by atoms with Gasteiger partial charge in [-0.25, -0.2) is 4.79 Å². The first-order valence-electron chi connectivity index (χ1n) is 8.47. The third kappa shape index (κ3) is 3.98. The summed E-state index contributed by atoms with van der Waals surface area (Å²) in [7, 11) is 0. The Morgan fingerprint density at radius 3 is 2.72 bits per heavy atom. The van der Waals surface area contributed by atoms with Crippen LogP contribution < -0.4 is 10.4 Å². The monoisotopic (exact) mass is 402 g/mol. The fourth-order valence-electron chi connectivity index (χ4n) is 2.81. The van der Waals surface area contributed by atoms with Gasteiger partial charge < -0.3 is 13.7 Å². The molecule has 0 unspecified atom stereocenters. The largest absolute Gasteiger partial charge is 0.484 e. The summed E-state index contributed by atoms with van der Waals surface area (Å²) < 4.78 is 54.3. The molecule has 0 bridgehead atoms. The number of nitrogens with zero attached hydrogens (tertiary/aromatic N) is 2. The number of hydrogen-bond acceptors (Lipinski definition) is 6. The van der Waals surface area contributed by atoms with Crippen molar-refractivity contribution in [3.63, 3.8) is 0 Å². The van der Waals surface area contributed by atoms with E-state index in [9.17, 15) is 18.0 Å². The third-order valence-corrected chi connectivity index (χ3v) is 4.20. The highest BCUT2D eigenvalue weighted by Gasteiger charge is 2.30. The molecule has 0 saturated carbocycles. The Morgan fingerprint density at radius 2 is 1.93 bits per heavy atom. The third-order valence-electron chi connectivity index (χ3n) is 4.20. The number of aryl methyl sites for hydroxylation is 1. The van der Waals surface area contributed by atoms with Crippen molar-refractivity contribution in [2.24, 2.45) is 0 Å². The van der Waals surface area contributed by atoms with Crippen molar-refractivity contribution in [3.05, 3.63) is 76.0 Å². The quantitative estimate of drug-likeness (QED) is 0.459. The van der Waals surface area contributed by atoms with E-state index in [0.29, 0.717) is 11.3 Å². The summed E-state index contributed by atoms with van der Waals surface area (Å²) in [5, 5.41) is 4.48. The average Bonchev–Trinajstić information content (AvgIpc) is 3.14. The van der Waals surface area contributed by atoms with E-state index in [4.69, 9.17) is 13.7 Å². The Balaban J connectivity index is 1.52. The second-order valence-electron chi connectivity index (χ2n) is 6.29. The lowest BCUT2D eigenvalue weighted by Crippen LogP contribution is -2.04. The van der Waals surface area contributed by atoms with E-state index < -0.39 is 17.4 Å². The standard InChI is InChI=1S/C20H13F3N2O4/c1-11-7-18(26)28-16-9-14(5-6-15(11)16)27-10-17-24-19(25-29-17)12-3-2-4-13(8-12)20(21,22)23/h2-9H,10H2,1H3. The maximum atomic E-state index is 12.8. The van der Waals surface area contributed by atoms with E-state index in [1.165, 1.54) is 18.2 Å². The Morgan fingerprint density at radius 1 is 1.10 bits per heavy atom. The molecular weight excluding hydrogens is 389 g/mol. The maximum Gasteiger partial charge on any atom is 0.416 e. The topological polar surface area (TPSA) is 78.4 Å². The zero-order valence-electron chi connectivity index (χ0n) is 15.0. The Hall–Kier alpha value is -3.62. The summed E-state index contributed by atoms with van der Waals surface area (Å²) in [6.45, 7) is 1.70. The van der Waals surface area contributed by atoms with Crippen molar-refractivity contribution in [1.29, 1.82) is 0 Å². The highest BCUT2D eigenvalue weighted by molar-refractivity contribution is 5.81. The van der Waals surface area contributed by atoms with Crippen molar-refractivity contribution in [1.82, 2.24) is 10.1 Å². The molecule has 0 N–H and O–H groups in total. The molecule has 4 aromatic rings. The molecule has 9 heteroatoms. The Kier molecular flexibility index (Phi) is 4.57. The molecule has 29 heavy (non-hydrogen) atoms. The van der Waals surface area contributed by atoms with Crippen LogP contribution in [0.15, 0.2) is 62.3 Å². The summed E-state index contributed by atoms with van der Waals surface area (Å²) in [6.07, 6.45) is -4.46. The van der Waals surface area contributed by atoms with Crippen LogP contribution in [-0.4, -0.2) is 10.1 Å². The van der Waals surface area contributed by atoms with Gasteiger partial charge in [0.2, 0.25) is 5.82 Å². The molecule has 0 saturated heterocycles. The summed E-state index contributed by atoms with van der Waals surface area (Å²) in [4.78, 5) is 15.6. The summed E-state index contributed by atoms with van der Waals surface area (Å²) in [5.41, 5.74) is 0.0752. The van der Waals surface area contributed by atoms with Gasteiger partial charge in [0.1, 0.15) is 11.3 Å². The maximum absolute atomic E-state index is 12.8. The Labute approximate surface area is 161 Å². The van der Waals surface area contributed by atoms with Crippen LogP contribution in [0.3, 0.4) is 0 Å². The zero-order chi connectivity index (χ0) is 20.6. The van der Waals surface area contributed by atoms with Crippen LogP contribution in [-0.2, 0) is 12.8 Å². The molecule has 2 aromatic carbocycles. The molecule has 2 heterocycles. The van der Waals surface area contributed by atoms with Gasteiger partial charge in [0.15, 0.2) is 6.61 Å². The number of benzene rings is 2. The molecule has 0 spiro atoms. The molecule has 0 aliphatic rings. The summed E-state index contributed by atoms with van der Waals surface area (Å²) in [6, 6.07) is 11.1. The highest BCUT2D eigenvalue weighted by Crippen LogP contribution is 2.31. The fraction of sp³-hybridized carbons (Fsp3) is 0.150. The minimum Gasteiger partial charge on any atom is -0.484 e. The minimum absolute atomic E-state index is 0.0230. The number of aromatic nitrogens is 2. The molecule has 0 amide bonds. The van der Waals surface area contributed by atoms with Crippen LogP contribution in [0.4, 0.5) is 13.2 Å². The molecule has 0 aliphatic heterocycles. The van der Waals surface area contributed by atoms with E-state index in [-0.39, 0.29) is 23.9 Å². The minimum atomic E-state index is -4.46. The van der Waals surface area contributed by atoms with E-state index in [2.05, 4.69) is 10.1 Å². The fourth-order valence-corrected chi connectivity index (χ4v) is 2.81. The lowest BCUT2D eigenvalue weighted by Gasteiger charge is -2.06. The number of hydrogen-bond donors (Lipinski definition) is 0. The highest BCUT2D eigenvalue weighted by atomic mass is 19.4. The lowest BCUT2D eigenvalue weighted by atomic mass is 10.1. The number of rotatable bonds is 4. The van der Waals surface area contributed by atoms with Gasteiger partial charge >= 0.3 is 11.8 Å². The first kappa shape index (κ1) is 18.7. The van der Waals surface area contributed by atoms with E-state index in [0.717, 1.165) is 23.1 Å². The molecule has 6 nitrogen and oxygen atoms in total. The van der Waals surface area contributed by atoms with Crippen LogP contribution in [0.2, 0.25) is 0 Å². The first-order chi connectivity index (χ1) is 13.8. The van der Waals surface area contributed by atoms with Crippen LogP contribution in [0.5, 0.6) is 5.75 Å². The second kappa shape index (κ2) is 7.08. The van der Waals surface area contributed by atoms with Gasteiger partial charge in [-0.3, -0.25) is 0 Å². The number of ether oxygens (including phenoxy) is 1. The molecule has 0 fully saturated rings. The molecule has 0 atom stereocenters. The number of halogens is 3. The smallest absolute Gasteiger partial charge is 0.416 e. The average molecular weight is 402 g/mol. The Bertz CT molecular complexity index is 1240. The first-order valence-corrected chi connectivity index (χ1v) is 8.47. The van der Waals surface area contributed by atoms with Gasteiger partial charge in [-0.05, 0) is 36.8 Å². The van der Waals surface area contributed by atoms with Crippen LogP contribution in [0.1, 0.15) is 17.0 Å². The van der Waals surface area contributed by atoms with Crippen molar-refractivity contribution in [2.45, 2.75) is 19.7 Å². The lowest BCUT2D eigenvalue weighted by molar-refractivity contribution is -0.137. The molecule has 4 rings (SSSR count). The predicted octanol–water partition coefficient (Wildman–Crippen LogP) is 4.75. The van der Waals surface area contributed by atoms with Crippen LogP contribution in [0.25, 0.3) is 22.4 Å². The van der Waals surface area contributed by atoms with Gasteiger partial charge in [0.25, 0.3) is 5.89 Å². The molecule has 2 aromatic heterocycles. The van der Waals surface area contributed by atoms with Gasteiger partial charge in [0, 0.05) is 23.1 Å². The zero-order valence-corrected chi connectivity index (χ0v) is 15.0. The predicted molar refractivity (Wildman–Crippen MR) is 96.3 cm³/mol. The van der Waals surface area contributed by atoms with Crippen LogP contribution in [0, 0.1) is 6.92 Å². The normalized spacial score (nSPS) is 11.7. The number of alkyl halides is 3. The summed E-state index contributed by atoms with van der Waals surface area (Å²) in [5.74, 6) is 0.517. The van der Waals surface area contributed by atoms with E-state index in [1.54, 1.807) is 25.1 Å². The van der Waals surface area contributed by atoms with Crippen LogP contribution >= 0.6 is 0 Å². The van der Waals surface area contributed by atoms with Crippen molar-refractivity contribution in [2.75, 3.05) is 0 Å². The number of fused-ring (bicyclic) bond motifs is 1. The van der Waals surface area contributed by atoms with Gasteiger partial charge in [-0.15, -0.1) is 0 Å². The second-order valence-corrected chi connectivity index (χ2v) is 6.29. The van der Waals surface area contributed by atoms with Gasteiger partial charge in [-0.2, -0.15) is 18.2 Å². The SMILES string of the molecule is Cc1cc(=O)oc2cc(OCc3nc(-c4cccc(C(F)(F)F)c4)no3)ccc12. The van der Waals surface area contributed by atoms with Crippen molar-refractivity contribution >= 4 is 11.0 Å². The van der Waals surface area contributed by atoms with Crippen molar-refractivity contribution in [3.8, 4) is 17.1 Å². The van der Waals surface area contributed by atoms with Gasteiger partial charge in [0.05, 0.1) is 5.56 Å². The van der Waals surface area contributed by atoms with E-state index in [1.807, 2.05) is 0 Å². The molecule has 0 radical (unpaired) electrons. The van der Waals surface area contributed by atoms with Crippen molar-refractivity contribution < 1.29 is 26.8 Å². The molecule has 148 valence electrons. The molecule has 0 aliphatic carbocycles. The molecular formula is C20H13F3N2O4.